The minimum atomic E-state index is 0.237. The van der Waals surface area contributed by atoms with E-state index in [1.54, 1.807) is 0 Å². The van der Waals surface area contributed by atoms with Gasteiger partial charge in [-0.1, -0.05) is 38.1 Å². The van der Waals surface area contributed by atoms with Gasteiger partial charge in [-0.2, -0.15) is 0 Å². The van der Waals surface area contributed by atoms with Crippen molar-refractivity contribution in [3.05, 3.63) is 53.6 Å². The number of hydrogen-bond acceptors (Lipinski definition) is 2. The lowest BCUT2D eigenvalue weighted by Crippen LogP contribution is -2.39. The Hall–Kier alpha value is -1.61. The molecule has 1 aliphatic rings. The smallest absolute Gasteiger partial charge is 0.125 e. The lowest BCUT2D eigenvalue weighted by Gasteiger charge is -2.42. The van der Waals surface area contributed by atoms with Crippen LogP contribution in [0.3, 0.4) is 0 Å². The maximum Gasteiger partial charge on any atom is 0.125 e. The van der Waals surface area contributed by atoms with E-state index >= 15 is 0 Å². The number of imidazole rings is 1. The molecular formula is C18H25N3. The van der Waals surface area contributed by atoms with Gasteiger partial charge < -0.3 is 9.88 Å². The van der Waals surface area contributed by atoms with Crippen LogP contribution in [0.5, 0.6) is 0 Å². The van der Waals surface area contributed by atoms with Gasteiger partial charge in [0.15, 0.2) is 0 Å². The summed E-state index contributed by atoms with van der Waals surface area (Å²) in [5.74, 6) is 1.09. The van der Waals surface area contributed by atoms with Crippen LogP contribution in [0.4, 0.5) is 0 Å². The summed E-state index contributed by atoms with van der Waals surface area (Å²) in [4.78, 5) is 4.49. The lowest BCUT2D eigenvalue weighted by molar-refractivity contribution is 0.194. The number of nitrogens with zero attached hydrogens (tertiary/aromatic N) is 2. The van der Waals surface area contributed by atoms with Crippen molar-refractivity contribution in [1.82, 2.24) is 14.9 Å². The van der Waals surface area contributed by atoms with E-state index in [1.807, 2.05) is 12.4 Å². The third-order valence-electron chi connectivity index (χ3n) is 4.85. The molecule has 1 aromatic carbocycles. The highest BCUT2D eigenvalue weighted by molar-refractivity contribution is 5.34. The standard InChI is InChI=1S/C18H25N3/c1-13(17-19-11-12-21(17)4)20-16-15-8-6-5-7-14(15)9-10-18(16,2)3/h5-8,11-13,16,20H,9-10H2,1-4H3/t13-,16-/m0/s1. The molecule has 3 rings (SSSR count). The first-order chi connectivity index (χ1) is 9.99. The Bertz CT molecular complexity index is 627. The second-order valence-electron chi connectivity index (χ2n) is 6.91. The molecule has 2 aromatic rings. The number of rotatable bonds is 3. The van der Waals surface area contributed by atoms with Crippen molar-refractivity contribution in [3.63, 3.8) is 0 Å². The van der Waals surface area contributed by atoms with Gasteiger partial charge in [0.2, 0.25) is 0 Å². The van der Waals surface area contributed by atoms with Gasteiger partial charge in [0, 0.05) is 25.5 Å². The molecule has 0 bridgehead atoms. The van der Waals surface area contributed by atoms with E-state index in [4.69, 9.17) is 0 Å². The minimum Gasteiger partial charge on any atom is -0.337 e. The van der Waals surface area contributed by atoms with E-state index in [0.717, 1.165) is 5.82 Å². The Kier molecular flexibility index (Phi) is 3.62. The second-order valence-corrected chi connectivity index (χ2v) is 6.91. The normalized spacial score (nSPS) is 21.8. The average Bonchev–Trinajstić information content (AvgIpc) is 2.88. The molecule has 1 heterocycles. The highest BCUT2D eigenvalue weighted by Crippen LogP contribution is 2.44. The molecule has 21 heavy (non-hydrogen) atoms. The van der Waals surface area contributed by atoms with E-state index in [2.05, 4.69) is 67.0 Å². The van der Waals surface area contributed by atoms with E-state index in [1.165, 1.54) is 24.0 Å². The summed E-state index contributed by atoms with van der Waals surface area (Å²) in [5.41, 5.74) is 3.20. The van der Waals surface area contributed by atoms with Gasteiger partial charge >= 0.3 is 0 Å². The Morgan fingerprint density at radius 3 is 2.81 bits per heavy atom. The first-order valence-electron chi connectivity index (χ1n) is 7.80. The predicted molar refractivity (Wildman–Crippen MR) is 86.0 cm³/mol. The minimum absolute atomic E-state index is 0.237. The highest BCUT2D eigenvalue weighted by Gasteiger charge is 2.36. The van der Waals surface area contributed by atoms with Crippen LogP contribution < -0.4 is 5.32 Å². The van der Waals surface area contributed by atoms with Crippen LogP contribution in [-0.4, -0.2) is 9.55 Å². The van der Waals surface area contributed by atoms with Crippen molar-refractivity contribution < 1.29 is 0 Å². The molecule has 0 saturated carbocycles. The molecule has 1 aromatic heterocycles. The van der Waals surface area contributed by atoms with Crippen LogP contribution in [0.15, 0.2) is 36.7 Å². The van der Waals surface area contributed by atoms with Gasteiger partial charge in [-0.05, 0) is 36.3 Å². The van der Waals surface area contributed by atoms with Gasteiger partial charge in [-0.3, -0.25) is 0 Å². The zero-order valence-corrected chi connectivity index (χ0v) is 13.4. The molecule has 0 aliphatic heterocycles. The van der Waals surface area contributed by atoms with Gasteiger partial charge in [-0.15, -0.1) is 0 Å². The quantitative estimate of drug-likeness (QED) is 0.929. The molecule has 0 radical (unpaired) electrons. The van der Waals surface area contributed by atoms with Crippen LogP contribution >= 0.6 is 0 Å². The fraction of sp³-hybridized carbons (Fsp3) is 0.500. The van der Waals surface area contributed by atoms with Gasteiger partial charge in [0.05, 0.1) is 6.04 Å². The molecule has 1 aliphatic carbocycles. The monoisotopic (exact) mass is 283 g/mol. The van der Waals surface area contributed by atoms with E-state index in [0.29, 0.717) is 6.04 Å². The average molecular weight is 283 g/mol. The first kappa shape index (κ1) is 14.3. The topological polar surface area (TPSA) is 29.9 Å². The summed E-state index contributed by atoms with van der Waals surface area (Å²) in [6.07, 6.45) is 6.27. The predicted octanol–water partition coefficient (Wildman–Crippen LogP) is 3.78. The lowest BCUT2D eigenvalue weighted by atomic mass is 9.70. The molecule has 3 nitrogen and oxygen atoms in total. The van der Waals surface area contributed by atoms with Gasteiger partial charge in [0.1, 0.15) is 5.82 Å². The first-order valence-corrected chi connectivity index (χ1v) is 7.80. The molecule has 112 valence electrons. The van der Waals surface area contributed by atoms with Crippen molar-refractivity contribution in [1.29, 1.82) is 0 Å². The summed E-state index contributed by atoms with van der Waals surface area (Å²) < 4.78 is 2.10. The molecule has 0 unspecified atom stereocenters. The van der Waals surface area contributed by atoms with Crippen molar-refractivity contribution in [2.45, 2.75) is 45.7 Å². The van der Waals surface area contributed by atoms with E-state index in [-0.39, 0.29) is 11.5 Å². The SMILES string of the molecule is C[C@H](N[C@H]1c2ccccc2CCC1(C)C)c1nccn1C. The zero-order valence-electron chi connectivity index (χ0n) is 13.4. The number of fused-ring (bicyclic) bond motifs is 1. The molecule has 1 N–H and O–H groups in total. The third-order valence-corrected chi connectivity index (χ3v) is 4.85. The molecule has 0 fully saturated rings. The Morgan fingerprint density at radius 1 is 1.33 bits per heavy atom. The summed E-state index contributed by atoms with van der Waals surface area (Å²) in [7, 11) is 2.06. The maximum absolute atomic E-state index is 4.49. The molecule has 0 amide bonds. The third kappa shape index (κ3) is 2.62. The van der Waals surface area contributed by atoms with E-state index in [9.17, 15) is 0 Å². The van der Waals surface area contributed by atoms with Crippen LogP contribution in [0.1, 0.15) is 56.2 Å². The van der Waals surface area contributed by atoms with Crippen LogP contribution in [0.25, 0.3) is 0 Å². The van der Waals surface area contributed by atoms with Gasteiger partial charge in [-0.25, -0.2) is 4.98 Å². The number of aryl methyl sites for hydroxylation is 2. The Balaban J connectivity index is 1.91. The van der Waals surface area contributed by atoms with Crippen molar-refractivity contribution in [2.24, 2.45) is 12.5 Å². The fourth-order valence-electron chi connectivity index (χ4n) is 3.50. The number of nitrogens with one attached hydrogen (secondary N) is 1. The van der Waals surface area contributed by atoms with Crippen LogP contribution in [0.2, 0.25) is 0 Å². The second kappa shape index (κ2) is 5.30. The number of aromatic nitrogens is 2. The summed E-state index contributed by atoms with van der Waals surface area (Å²) >= 11 is 0. The fourth-order valence-corrected chi connectivity index (χ4v) is 3.50. The summed E-state index contributed by atoms with van der Waals surface area (Å²) in [6, 6.07) is 9.45. The van der Waals surface area contributed by atoms with Gasteiger partial charge in [0.25, 0.3) is 0 Å². The van der Waals surface area contributed by atoms with E-state index < -0.39 is 0 Å². The molecule has 0 saturated heterocycles. The summed E-state index contributed by atoms with van der Waals surface area (Å²) in [6.45, 7) is 6.94. The molecule has 0 spiro atoms. The van der Waals surface area contributed by atoms with Crippen molar-refractivity contribution in [3.8, 4) is 0 Å². The highest BCUT2D eigenvalue weighted by atomic mass is 15.1. The largest absolute Gasteiger partial charge is 0.337 e. The van der Waals surface area contributed by atoms with Crippen molar-refractivity contribution in [2.75, 3.05) is 0 Å². The summed E-state index contributed by atoms with van der Waals surface area (Å²) in [5, 5.41) is 3.83. The number of hydrogen-bond donors (Lipinski definition) is 1. The molecule has 2 atom stereocenters. The molecule has 3 heteroatoms. The Labute approximate surface area is 127 Å². The van der Waals surface area contributed by atoms with Crippen LogP contribution in [-0.2, 0) is 13.5 Å². The maximum atomic E-state index is 4.49. The Morgan fingerprint density at radius 2 is 2.10 bits per heavy atom. The van der Waals surface area contributed by atoms with Crippen LogP contribution in [0, 0.1) is 5.41 Å². The zero-order chi connectivity index (χ0) is 15.0. The van der Waals surface area contributed by atoms with Crippen molar-refractivity contribution >= 4 is 0 Å². The number of benzene rings is 1. The molecular weight excluding hydrogens is 258 g/mol.